The van der Waals surface area contributed by atoms with Crippen molar-refractivity contribution in [2.45, 2.75) is 20.0 Å². The van der Waals surface area contributed by atoms with Gasteiger partial charge in [0, 0.05) is 29.2 Å². The average molecular weight is 290 g/mol. The van der Waals surface area contributed by atoms with Gasteiger partial charge in [-0.05, 0) is 19.9 Å². The van der Waals surface area contributed by atoms with Crippen LogP contribution in [0.4, 0.5) is 27.6 Å². The van der Waals surface area contributed by atoms with Gasteiger partial charge in [-0.1, -0.05) is 0 Å². The zero-order valence-corrected chi connectivity index (χ0v) is 10.7. The smallest absolute Gasteiger partial charge is 0.385 e. The van der Waals surface area contributed by atoms with Crippen molar-refractivity contribution in [1.82, 2.24) is 4.98 Å². The third-order valence-corrected chi connectivity index (χ3v) is 2.87. The van der Waals surface area contributed by atoms with Gasteiger partial charge < -0.3 is 5.32 Å². The molecule has 2 nitrogen and oxygen atoms in total. The SMILES string of the molecule is CCNc1c(C)c(C(F)(F)F)nc2c(F)cc(F)cc12. The van der Waals surface area contributed by atoms with Gasteiger partial charge in [0.25, 0.3) is 0 Å². The molecular weight excluding hydrogens is 279 g/mol. The van der Waals surface area contributed by atoms with Crippen LogP contribution in [0, 0.1) is 18.6 Å². The molecule has 2 rings (SSSR count). The third-order valence-electron chi connectivity index (χ3n) is 2.87. The van der Waals surface area contributed by atoms with E-state index in [0.717, 1.165) is 6.07 Å². The molecule has 1 aromatic heterocycles. The number of aromatic nitrogens is 1. The lowest BCUT2D eigenvalue weighted by Crippen LogP contribution is -2.14. The quantitative estimate of drug-likeness (QED) is 0.835. The van der Waals surface area contributed by atoms with Crippen LogP contribution in [-0.2, 0) is 6.18 Å². The van der Waals surface area contributed by atoms with Crippen molar-refractivity contribution in [3.63, 3.8) is 0 Å². The van der Waals surface area contributed by atoms with Gasteiger partial charge in [-0.15, -0.1) is 0 Å². The van der Waals surface area contributed by atoms with E-state index in [-0.39, 0.29) is 16.6 Å². The fraction of sp³-hybridized carbons (Fsp3) is 0.308. The van der Waals surface area contributed by atoms with Crippen LogP contribution in [0.25, 0.3) is 10.9 Å². The molecule has 108 valence electrons. The predicted octanol–water partition coefficient (Wildman–Crippen LogP) is 4.27. The third kappa shape index (κ3) is 2.39. The Bertz CT molecular complexity index is 664. The van der Waals surface area contributed by atoms with Gasteiger partial charge in [0.2, 0.25) is 0 Å². The number of hydrogen-bond acceptors (Lipinski definition) is 2. The van der Waals surface area contributed by atoms with Crippen LogP contribution in [0.3, 0.4) is 0 Å². The molecule has 0 spiro atoms. The highest BCUT2D eigenvalue weighted by Gasteiger charge is 2.36. The average Bonchev–Trinajstić information content (AvgIpc) is 2.31. The maximum Gasteiger partial charge on any atom is 0.433 e. The lowest BCUT2D eigenvalue weighted by molar-refractivity contribution is -0.141. The van der Waals surface area contributed by atoms with E-state index < -0.39 is 29.0 Å². The number of benzene rings is 1. The molecule has 0 atom stereocenters. The van der Waals surface area contributed by atoms with Gasteiger partial charge in [0.15, 0.2) is 5.82 Å². The Morgan fingerprint density at radius 1 is 1.20 bits per heavy atom. The molecule has 0 aliphatic heterocycles. The molecule has 0 saturated carbocycles. The Morgan fingerprint density at radius 2 is 1.85 bits per heavy atom. The predicted molar refractivity (Wildman–Crippen MR) is 65.6 cm³/mol. The molecule has 0 bridgehead atoms. The van der Waals surface area contributed by atoms with Crippen molar-refractivity contribution in [2.24, 2.45) is 0 Å². The van der Waals surface area contributed by atoms with Crippen molar-refractivity contribution >= 4 is 16.6 Å². The lowest BCUT2D eigenvalue weighted by Gasteiger charge is -2.17. The van der Waals surface area contributed by atoms with Crippen LogP contribution >= 0.6 is 0 Å². The summed E-state index contributed by atoms with van der Waals surface area (Å²) in [6.07, 6.45) is -4.71. The molecule has 1 heterocycles. The van der Waals surface area contributed by atoms with Crippen LogP contribution in [-0.4, -0.2) is 11.5 Å². The van der Waals surface area contributed by atoms with Crippen LogP contribution in [0.15, 0.2) is 12.1 Å². The summed E-state index contributed by atoms with van der Waals surface area (Å²) < 4.78 is 65.7. The number of nitrogens with zero attached hydrogens (tertiary/aromatic N) is 1. The van der Waals surface area contributed by atoms with Crippen molar-refractivity contribution in [3.8, 4) is 0 Å². The minimum atomic E-state index is -4.71. The number of pyridine rings is 1. The Kier molecular flexibility index (Phi) is 3.54. The topological polar surface area (TPSA) is 24.9 Å². The van der Waals surface area contributed by atoms with Crippen LogP contribution in [0.5, 0.6) is 0 Å². The van der Waals surface area contributed by atoms with E-state index in [1.165, 1.54) is 6.92 Å². The molecule has 0 aliphatic carbocycles. The lowest BCUT2D eigenvalue weighted by atomic mass is 10.1. The second kappa shape index (κ2) is 4.88. The summed E-state index contributed by atoms with van der Waals surface area (Å²) in [7, 11) is 0. The number of anilines is 1. The summed E-state index contributed by atoms with van der Waals surface area (Å²) in [6.45, 7) is 3.21. The molecule has 1 aromatic carbocycles. The molecule has 0 amide bonds. The molecule has 0 radical (unpaired) electrons. The van der Waals surface area contributed by atoms with Crippen LogP contribution < -0.4 is 5.32 Å². The standard InChI is InChI=1S/C13H11F5N2/c1-3-19-10-6(2)12(13(16,17)18)20-11-8(10)4-7(14)5-9(11)15/h4-5H,3H2,1-2H3,(H,19,20). The number of nitrogens with one attached hydrogen (secondary N) is 1. The molecule has 0 aliphatic rings. The minimum absolute atomic E-state index is 0.00477. The van der Waals surface area contributed by atoms with E-state index in [9.17, 15) is 22.0 Å². The summed E-state index contributed by atoms with van der Waals surface area (Å²) in [4.78, 5) is 3.32. The van der Waals surface area contributed by atoms with Gasteiger partial charge >= 0.3 is 6.18 Å². The fourth-order valence-electron chi connectivity index (χ4n) is 2.07. The van der Waals surface area contributed by atoms with E-state index >= 15 is 0 Å². The number of hydrogen-bond donors (Lipinski definition) is 1. The highest BCUT2D eigenvalue weighted by Crippen LogP contribution is 2.37. The molecule has 20 heavy (non-hydrogen) atoms. The van der Waals surface area contributed by atoms with Crippen molar-refractivity contribution in [3.05, 3.63) is 35.0 Å². The summed E-state index contributed by atoms with van der Waals surface area (Å²) in [6, 6.07) is 1.48. The van der Waals surface area contributed by atoms with E-state index in [0.29, 0.717) is 12.6 Å². The number of alkyl halides is 3. The Hall–Kier alpha value is -1.92. The first-order valence-electron chi connectivity index (χ1n) is 5.86. The van der Waals surface area contributed by atoms with E-state index in [4.69, 9.17) is 0 Å². The first-order chi connectivity index (χ1) is 9.25. The van der Waals surface area contributed by atoms with Gasteiger partial charge in [-0.3, -0.25) is 0 Å². The number of rotatable bonds is 2. The first kappa shape index (κ1) is 14.5. The molecule has 0 fully saturated rings. The van der Waals surface area contributed by atoms with Gasteiger partial charge in [0.1, 0.15) is 17.0 Å². The zero-order valence-electron chi connectivity index (χ0n) is 10.7. The maximum atomic E-state index is 13.7. The minimum Gasteiger partial charge on any atom is -0.385 e. The molecule has 0 unspecified atom stereocenters. The van der Waals surface area contributed by atoms with Gasteiger partial charge in [-0.25, -0.2) is 13.8 Å². The number of halogens is 5. The highest BCUT2D eigenvalue weighted by atomic mass is 19.4. The second-order valence-electron chi connectivity index (χ2n) is 4.27. The normalized spacial score (nSPS) is 11.9. The maximum absolute atomic E-state index is 13.7. The Labute approximate surface area is 111 Å². The summed E-state index contributed by atoms with van der Waals surface area (Å²) in [5.74, 6) is -1.99. The van der Waals surface area contributed by atoms with Crippen molar-refractivity contribution in [1.29, 1.82) is 0 Å². The molecule has 1 N–H and O–H groups in total. The molecular formula is C13H11F5N2. The summed E-state index contributed by atoms with van der Waals surface area (Å²) in [5.41, 5.74) is -1.81. The van der Waals surface area contributed by atoms with Crippen molar-refractivity contribution < 1.29 is 22.0 Å². The Morgan fingerprint density at radius 3 is 2.40 bits per heavy atom. The zero-order chi connectivity index (χ0) is 15.1. The van der Waals surface area contributed by atoms with E-state index in [2.05, 4.69) is 10.3 Å². The van der Waals surface area contributed by atoms with Crippen LogP contribution in [0.1, 0.15) is 18.2 Å². The fourth-order valence-corrected chi connectivity index (χ4v) is 2.07. The van der Waals surface area contributed by atoms with Crippen molar-refractivity contribution in [2.75, 3.05) is 11.9 Å². The van der Waals surface area contributed by atoms with E-state index in [1.807, 2.05) is 0 Å². The second-order valence-corrected chi connectivity index (χ2v) is 4.27. The van der Waals surface area contributed by atoms with E-state index in [1.54, 1.807) is 6.92 Å². The highest BCUT2D eigenvalue weighted by molar-refractivity contribution is 5.93. The number of fused-ring (bicyclic) bond motifs is 1. The first-order valence-corrected chi connectivity index (χ1v) is 5.86. The summed E-state index contributed by atoms with van der Waals surface area (Å²) in [5, 5.41) is 2.71. The van der Waals surface area contributed by atoms with Crippen LogP contribution in [0.2, 0.25) is 0 Å². The molecule has 7 heteroatoms. The Balaban J connectivity index is 2.91. The molecule has 2 aromatic rings. The summed E-state index contributed by atoms with van der Waals surface area (Å²) >= 11 is 0. The monoisotopic (exact) mass is 290 g/mol. The largest absolute Gasteiger partial charge is 0.433 e. The molecule has 0 saturated heterocycles. The van der Waals surface area contributed by atoms with Gasteiger partial charge in [0.05, 0.1) is 0 Å². The van der Waals surface area contributed by atoms with Gasteiger partial charge in [-0.2, -0.15) is 13.2 Å².